The van der Waals surface area contributed by atoms with Crippen LogP contribution in [0, 0.1) is 11.3 Å². The average molecular weight is 364 g/mol. The van der Waals surface area contributed by atoms with E-state index in [1.54, 1.807) is 12.3 Å². The molecule has 0 aliphatic rings. The highest BCUT2D eigenvalue weighted by atomic mass is 19.4. The number of alkyl halides is 3. The molecule has 0 saturated carbocycles. The first kappa shape index (κ1) is 17.3. The van der Waals surface area contributed by atoms with Crippen molar-refractivity contribution in [1.82, 2.24) is 34.9 Å². The lowest BCUT2D eigenvalue weighted by Gasteiger charge is -2.04. The lowest BCUT2D eigenvalue weighted by atomic mass is 10.3. The van der Waals surface area contributed by atoms with E-state index in [4.69, 9.17) is 5.26 Å². The van der Waals surface area contributed by atoms with Gasteiger partial charge in [0.2, 0.25) is 0 Å². The summed E-state index contributed by atoms with van der Waals surface area (Å²) in [6.45, 7) is -0.407. The van der Waals surface area contributed by atoms with Gasteiger partial charge in [0.05, 0.1) is 49.4 Å². The summed E-state index contributed by atoms with van der Waals surface area (Å²) < 4.78 is 38.0. The molecule has 0 spiro atoms. The second-order valence-electron chi connectivity index (χ2n) is 5.26. The number of rotatable bonds is 5. The van der Waals surface area contributed by atoms with Gasteiger partial charge in [-0.1, -0.05) is 0 Å². The van der Waals surface area contributed by atoms with E-state index in [2.05, 4.69) is 25.6 Å². The molecule has 0 saturated heterocycles. The predicted octanol–water partition coefficient (Wildman–Crippen LogP) is 1.07. The van der Waals surface area contributed by atoms with Crippen LogP contribution in [0.15, 0.2) is 24.7 Å². The van der Waals surface area contributed by atoms with Crippen LogP contribution < -0.4 is 5.32 Å². The number of carbonyl (C=O) groups excluding carboxylic acids is 1. The van der Waals surface area contributed by atoms with Crippen LogP contribution in [0.5, 0.6) is 0 Å². The monoisotopic (exact) mass is 364 g/mol. The van der Waals surface area contributed by atoms with Crippen molar-refractivity contribution in [3.05, 3.63) is 41.6 Å². The molecular formula is C14H11F3N8O. The normalized spacial score (nSPS) is 11.5. The second kappa shape index (κ2) is 6.79. The highest BCUT2D eigenvalue weighted by Crippen LogP contribution is 2.19. The third-order valence-electron chi connectivity index (χ3n) is 3.29. The molecule has 0 aliphatic heterocycles. The number of hydrogen-bond donors (Lipinski definition) is 1. The molecule has 12 heteroatoms. The molecule has 0 aromatic carbocycles. The largest absolute Gasteiger partial charge is 0.390 e. The Balaban J connectivity index is 1.60. The van der Waals surface area contributed by atoms with Crippen molar-refractivity contribution in [2.24, 2.45) is 0 Å². The van der Waals surface area contributed by atoms with Crippen molar-refractivity contribution < 1.29 is 18.0 Å². The molecule has 1 amide bonds. The van der Waals surface area contributed by atoms with Crippen molar-refractivity contribution in [2.75, 3.05) is 0 Å². The number of nitrogens with one attached hydrogen (secondary N) is 1. The van der Waals surface area contributed by atoms with Gasteiger partial charge in [0.1, 0.15) is 6.07 Å². The van der Waals surface area contributed by atoms with Crippen molar-refractivity contribution in [2.45, 2.75) is 25.7 Å². The number of hydrogen-bond acceptors (Lipinski definition) is 6. The summed E-state index contributed by atoms with van der Waals surface area (Å²) in [7, 11) is 0. The van der Waals surface area contributed by atoms with Crippen LogP contribution in [0.25, 0.3) is 5.65 Å². The Bertz CT molecular complexity index is 984. The van der Waals surface area contributed by atoms with Crippen LogP contribution >= 0.6 is 0 Å². The van der Waals surface area contributed by atoms with Crippen LogP contribution in [-0.2, 0) is 13.1 Å². The van der Waals surface area contributed by atoms with Gasteiger partial charge in [-0.2, -0.15) is 33.4 Å². The quantitative estimate of drug-likeness (QED) is 0.725. The molecule has 0 bridgehead atoms. The van der Waals surface area contributed by atoms with Gasteiger partial charge in [0.15, 0.2) is 11.3 Å². The Morgan fingerprint density at radius 1 is 1.31 bits per heavy atom. The van der Waals surface area contributed by atoms with Gasteiger partial charge >= 0.3 is 6.18 Å². The van der Waals surface area contributed by atoms with E-state index in [0.29, 0.717) is 16.9 Å². The molecule has 134 valence electrons. The minimum Gasteiger partial charge on any atom is -0.345 e. The minimum absolute atomic E-state index is 0.0551. The lowest BCUT2D eigenvalue weighted by molar-refractivity contribution is -0.137. The Kier molecular flexibility index (Phi) is 4.53. The Hall–Kier alpha value is -3.49. The van der Waals surface area contributed by atoms with Gasteiger partial charge in [0, 0.05) is 6.07 Å². The molecule has 0 fully saturated rings. The molecule has 9 nitrogen and oxygen atoms in total. The number of nitrogens with zero attached hydrogens (tertiary/aromatic N) is 7. The Labute approximate surface area is 144 Å². The SMILES string of the molecule is N#Cc1cnn2cc(CNC(=O)c3cnn(CCC(F)(F)F)n3)nc2c1. The summed E-state index contributed by atoms with van der Waals surface area (Å²) in [4.78, 5) is 17.0. The van der Waals surface area contributed by atoms with Crippen LogP contribution in [0.2, 0.25) is 0 Å². The van der Waals surface area contributed by atoms with E-state index in [1.807, 2.05) is 6.07 Å². The highest BCUT2D eigenvalue weighted by molar-refractivity contribution is 5.91. The standard InChI is InChI=1S/C14H11F3N8O/c15-14(16,17)1-2-25-21-7-11(23-25)13(26)19-6-10-8-24-12(22-10)3-9(4-18)5-20-24/h3,5,7-8H,1-2,6H2,(H,19,26). The van der Waals surface area contributed by atoms with E-state index >= 15 is 0 Å². The number of amides is 1. The van der Waals surface area contributed by atoms with E-state index in [9.17, 15) is 18.0 Å². The number of halogens is 3. The van der Waals surface area contributed by atoms with E-state index in [0.717, 1.165) is 11.0 Å². The fourth-order valence-electron chi connectivity index (χ4n) is 2.07. The first-order valence-electron chi connectivity index (χ1n) is 7.33. The number of imidazole rings is 1. The van der Waals surface area contributed by atoms with Crippen LogP contribution in [-0.4, -0.2) is 41.7 Å². The fourth-order valence-corrected chi connectivity index (χ4v) is 2.07. The summed E-state index contributed by atoms with van der Waals surface area (Å²) in [5.74, 6) is -0.592. The maximum atomic E-state index is 12.2. The van der Waals surface area contributed by atoms with Crippen LogP contribution in [0.1, 0.15) is 28.2 Å². The summed E-state index contributed by atoms with van der Waals surface area (Å²) in [5, 5.41) is 22.7. The van der Waals surface area contributed by atoms with E-state index < -0.39 is 25.0 Å². The highest BCUT2D eigenvalue weighted by Gasteiger charge is 2.27. The summed E-state index contributed by atoms with van der Waals surface area (Å²) >= 11 is 0. The number of aryl methyl sites for hydroxylation is 1. The van der Waals surface area contributed by atoms with Crippen molar-refractivity contribution in [1.29, 1.82) is 5.26 Å². The van der Waals surface area contributed by atoms with Gasteiger partial charge in [-0.3, -0.25) is 4.79 Å². The Morgan fingerprint density at radius 2 is 2.12 bits per heavy atom. The molecule has 0 radical (unpaired) electrons. The third kappa shape index (κ3) is 4.12. The fraction of sp³-hybridized carbons (Fsp3) is 0.286. The van der Waals surface area contributed by atoms with Gasteiger partial charge in [-0.15, -0.1) is 5.10 Å². The number of carbonyl (C=O) groups is 1. The zero-order chi connectivity index (χ0) is 18.7. The molecule has 3 aromatic heterocycles. The van der Waals surface area contributed by atoms with Crippen LogP contribution in [0.4, 0.5) is 13.2 Å². The maximum absolute atomic E-state index is 12.2. The first-order valence-corrected chi connectivity index (χ1v) is 7.33. The summed E-state index contributed by atoms with van der Waals surface area (Å²) in [5.41, 5.74) is 1.20. The Morgan fingerprint density at radius 3 is 2.85 bits per heavy atom. The zero-order valence-electron chi connectivity index (χ0n) is 13.1. The number of aromatic nitrogens is 6. The molecule has 3 heterocycles. The average Bonchev–Trinajstić information content (AvgIpc) is 3.23. The molecule has 1 N–H and O–H groups in total. The molecule has 0 atom stereocenters. The van der Waals surface area contributed by atoms with Crippen LogP contribution in [0.3, 0.4) is 0 Å². The van der Waals surface area contributed by atoms with Crippen molar-refractivity contribution >= 4 is 11.6 Å². The third-order valence-corrected chi connectivity index (χ3v) is 3.29. The molecule has 26 heavy (non-hydrogen) atoms. The molecule has 3 aromatic rings. The molecule has 0 unspecified atom stereocenters. The number of fused-ring (bicyclic) bond motifs is 1. The first-order chi connectivity index (χ1) is 12.3. The second-order valence-corrected chi connectivity index (χ2v) is 5.26. The van der Waals surface area contributed by atoms with Gasteiger partial charge < -0.3 is 5.32 Å². The van der Waals surface area contributed by atoms with Gasteiger partial charge in [0.25, 0.3) is 5.91 Å². The topological polar surface area (TPSA) is 114 Å². The smallest absolute Gasteiger partial charge is 0.345 e. The minimum atomic E-state index is -4.32. The predicted molar refractivity (Wildman–Crippen MR) is 79.6 cm³/mol. The van der Waals surface area contributed by atoms with Crippen molar-refractivity contribution in [3.8, 4) is 6.07 Å². The maximum Gasteiger partial charge on any atom is 0.390 e. The molecular weight excluding hydrogens is 353 g/mol. The summed E-state index contributed by atoms with van der Waals surface area (Å²) in [6, 6.07) is 3.49. The summed E-state index contributed by atoms with van der Waals surface area (Å²) in [6.07, 6.45) is -1.34. The van der Waals surface area contributed by atoms with Crippen molar-refractivity contribution in [3.63, 3.8) is 0 Å². The molecule has 0 aliphatic carbocycles. The van der Waals surface area contributed by atoms with E-state index in [1.165, 1.54) is 10.7 Å². The molecule has 3 rings (SSSR count). The van der Waals surface area contributed by atoms with E-state index in [-0.39, 0.29) is 12.2 Å². The number of nitriles is 1. The zero-order valence-corrected chi connectivity index (χ0v) is 13.1. The lowest BCUT2D eigenvalue weighted by Crippen LogP contribution is -2.23. The van der Waals surface area contributed by atoms with Gasteiger partial charge in [-0.05, 0) is 0 Å². The van der Waals surface area contributed by atoms with Gasteiger partial charge in [-0.25, -0.2) is 9.50 Å².